The van der Waals surface area contributed by atoms with Crippen LogP contribution in [-0.2, 0) is 9.59 Å². The van der Waals surface area contributed by atoms with Crippen LogP contribution >= 0.6 is 0 Å². The number of carbonyl (C=O) groups is 2. The van der Waals surface area contributed by atoms with Crippen molar-refractivity contribution in [3.05, 3.63) is 24.3 Å². The van der Waals surface area contributed by atoms with Crippen molar-refractivity contribution in [1.82, 2.24) is 5.06 Å². The molecule has 4 fully saturated rings. The molecule has 0 aromatic heterocycles. The number of aliphatic hydroxyl groups excluding tert-OH is 1. The standard InChI is InChI=1S/C33H51NO4/c1-9-18-34(38)27(37)30(5)15-14-29(4)16-17-32(7)21(22(29)20-30)19-23(35)26-31(6)12-11-25(36)28(2,3)24(31)10-13-33(26,32)8/h9,19,22,24-26,36,38H,1,10-18,20H2,2-8H3/t22-,24?,25-,26+,29+,30-,31-,32+,33+/m0/s1. The summed E-state index contributed by atoms with van der Waals surface area (Å²) in [6.45, 7) is 19.8. The van der Waals surface area contributed by atoms with Gasteiger partial charge in [-0.25, -0.2) is 5.06 Å². The third-order valence-electron chi connectivity index (χ3n) is 13.6. The maximum absolute atomic E-state index is 14.4. The number of hydrogen-bond acceptors (Lipinski definition) is 4. The van der Waals surface area contributed by atoms with Gasteiger partial charge in [0.15, 0.2) is 5.78 Å². The number of hydrogen-bond donors (Lipinski definition) is 2. The van der Waals surface area contributed by atoms with Gasteiger partial charge in [-0.15, -0.1) is 6.58 Å². The molecule has 38 heavy (non-hydrogen) atoms. The molecule has 5 aliphatic rings. The number of hydroxylamine groups is 2. The first kappa shape index (κ1) is 28.1. The highest BCUT2D eigenvalue weighted by atomic mass is 16.5. The Labute approximate surface area is 230 Å². The van der Waals surface area contributed by atoms with Gasteiger partial charge in [-0.05, 0) is 103 Å². The summed E-state index contributed by atoms with van der Waals surface area (Å²) in [6, 6.07) is 0. The summed E-state index contributed by atoms with van der Waals surface area (Å²) in [5.41, 5.74) is 0.100. The van der Waals surface area contributed by atoms with Crippen molar-refractivity contribution < 1.29 is 19.9 Å². The van der Waals surface area contributed by atoms with Crippen LogP contribution in [-0.4, -0.2) is 39.7 Å². The van der Waals surface area contributed by atoms with E-state index in [2.05, 4.69) is 48.1 Å². The van der Waals surface area contributed by atoms with Gasteiger partial charge in [0.25, 0.3) is 5.91 Å². The van der Waals surface area contributed by atoms with Crippen LogP contribution in [0.25, 0.3) is 0 Å². The molecule has 212 valence electrons. The van der Waals surface area contributed by atoms with Crippen molar-refractivity contribution in [2.24, 2.45) is 50.2 Å². The van der Waals surface area contributed by atoms with Crippen molar-refractivity contribution >= 4 is 11.7 Å². The average Bonchev–Trinajstić information content (AvgIpc) is 2.84. The predicted octanol–water partition coefficient (Wildman–Crippen LogP) is 6.73. The Morgan fingerprint density at radius 2 is 1.68 bits per heavy atom. The van der Waals surface area contributed by atoms with Crippen LogP contribution in [0.4, 0.5) is 0 Å². The number of fused-ring (bicyclic) bond motifs is 7. The van der Waals surface area contributed by atoms with Crippen LogP contribution < -0.4 is 0 Å². The van der Waals surface area contributed by atoms with Gasteiger partial charge in [-0.3, -0.25) is 14.8 Å². The highest BCUT2D eigenvalue weighted by Crippen LogP contribution is 2.75. The van der Waals surface area contributed by atoms with Crippen LogP contribution in [0.2, 0.25) is 0 Å². The van der Waals surface area contributed by atoms with Crippen molar-refractivity contribution in [2.45, 2.75) is 112 Å². The Hall–Kier alpha value is -1.46. The van der Waals surface area contributed by atoms with E-state index < -0.39 is 5.41 Å². The molecule has 0 aromatic carbocycles. The summed E-state index contributed by atoms with van der Waals surface area (Å²) in [6.07, 6.45) is 11.5. The van der Waals surface area contributed by atoms with Crippen molar-refractivity contribution in [1.29, 1.82) is 0 Å². The van der Waals surface area contributed by atoms with E-state index >= 15 is 0 Å². The summed E-state index contributed by atoms with van der Waals surface area (Å²) in [5.74, 6) is 0.477. The molecule has 0 aromatic rings. The molecule has 0 heterocycles. The molecule has 5 nitrogen and oxygen atoms in total. The van der Waals surface area contributed by atoms with E-state index in [0.29, 0.717) is 12.3 Å². The fraction of sp³-hybridized carbons (Fsp3) is 0.818. The second-order valence-electron chi connectivity index (χ2n) is 15.8. The van der Waals surface area contributed by atoms with E-state index in [1.54, 1.807) is 6.08 Å². The molecule has 0 aliphatic heterocycles. The molecular formula is C33H51NO4. The monoisotopic (exact) mass is 525 g/mol. The number of carbonyl (C=O) groups excluding carboxylic acids is 2. The largest absolute Gasteiger partial charge is 0.393 e. The quantitative estimate of drug-likeness (QED) is 0.243. The predicted molar refractivity (Wildman–Crippen MR) is 149 cm³/mol. The second-order valence-corrected chi connectivity index (χ2v) is 15.8. The molecule has 0 bridgehead atoms. The van der Waals surface area contributed by atoms with Gasteiger partial charge in [0.1, 0.15) is 0 Å². The Kier molecular flexibility index (Phi) is 6.30. The van der Waals surface area contributed by atoms with Crippen LogP contribution in [0.1, 0.15) is 106 Å². The number of rotatable bonds is 3. The molecule has 2 N–H and O–H groups in total. The summed E-state index contributed by atoms with van der Waals surface area (Å²) in [7, 11) is 0. The third-order valence-corrected chi connectivity index (χ3v) is 13.6. The molecule has 5 heteroatoms. The van der Waals surface area contributed by atoms with Gasteiger partial charge in [0.05, 0.1) is 12.6 Å². The van der Waals surface area contributed by atoms with E-state index in [1.165, 1.54) is 5.57 Å². The fourth-order valence-electron chi connectivity index (χ4n) is 10.9. The molecule has 9 atom stereocenters. The highest BCUT2D eigenvalue weighted by molar-refractivity contribution is 5.95. The number of nitrogens with zero attached hydrogens (tertiary/aromatic N) is 1. The Morgan fingerprint density at radius 3 is 2.34 bits per heavy atom. The van der Waals surface area contributed by atoms with Crippen LogP contribution in [0.15, 0.2) is 24.3 Å². The number of amides is 1. The zero-order chi connectivity index (χ0) is 28.1. The van der Waals surface area contributed by atoms with E-state index in [-0.39, 0.29) is 63.2 Å². The number of aliphatic hydroxyl groups is 1. The fourth-order valence-corrected chi connectivity index (χ4v) is 10.9. The van der Waals surface area contributed by atoms with Gasteiger partial charge >= 0.3 is 0 Å². The van der Waals surface area contributed by atoms with Crippen molar-refractivity contribution in [2.75, 3.05) is 6.54 Å². The lowest BCUT2D eigenvalue weighted by Crippen LogP contribution is -2.66. The average molecular weight is 526 g/mol. The minimum atomic E-state index is -0.658. The van der Waals surface area contributed by atoms with Gasteiger partial charge < -0.3 is 5.11 Å². The minimum Gasteiger partial charge on any atom is -0.393 e. The lowest BCUT2D eigenvalue weighted by molar-refractivity contribution is -0.203. The summed E-state index contributed by atoms with van der Waals surface area (Å²) in [4.78, 5) is 27.8. The second kappa shape index (κ2) is 8.52. The van der Waals surface area contributed by atoms with Crippen molar-refractivity contribution in [3.63, 3.8) is 0 Å². The third kappa shape index (κ3) is 3.49. The van der Waals surface area contributed by atoms with Crippen molar-refractivity contribution in [3.8, 4) is 0 Å². The Morgan fingerprint density at radius 1 is 1.03 bits per heavy atom. The number of ketones is 1. The lowest BCUT2D eigenvalue weighted by atomic mass is 9.33. The zero-order valence-corrected chi connectivity index (χ0v) is 24.9. The van der Waals surface area contributed by atoms with E-state index in [4.69, 9.17) is 0 Å². The van der Waals surface area contributed by atoms with E-state index in [9.17, 15) is 19.9 Å². The SMILES string of the molecule is C=CCN(O)C(=O)[C@@]1(C)CC[C@]2(C)CC[C@]3(C)C(=CC(=O)[C@@H]4[C@@]5(C)CC[C@H](O)C(C)(C)C5CC[C@]43C)[C@@H]2C1. The molecule has 4 saturated carbocycles. The summed E-state index contributed by atoms with van der Waals surface area (Å²) >= 11 is 0. The summed E-state index contributed by atoms with van der Waals surface area (Å²) in [5, 5.41) is 22.2. The molecule has 0 saturated heterocycles. The molecule has 0 spiro atoms. The topological polar surface area (TPSA) is 77.8 Å². The normalized spacial score (nSPS) is 49.5. The highest BCUT2D eigenvalue weighted by Gasteiger charge is 2.70. The van der Waals surface area contributed by atoms with Crippen LogP contribution in [0.3, 0.4) is 0 Å². The van der Waals surface area contributed by atoms with Gasteiger partial charge in [0, 0.05) is 11.3 Å². The van der Waals surface area contributed by atoms with Gasteiger partial charge in [-0.2, -0.15) is 0 Å². The smallest absolute Gasteiger partial charge is 0.252 e. The minimum absolute atomic E-state index is 0.0456. The molecule has 0 radical (unpaired) electrons. The zero-order valence-electron chi connectivity index (χ0n) is 24.9. The first-order valence-electron chi connectivity index (χ1n) is 15.1. The van der Waals surface area contributed by atoms with Gasteiger partial charge in [-0.1, -0.05) is 60.1 Å². The van der Waals surface area contributed by atoms with E-state index in [0.717, 1.165) is 56.4 Å². The molecule has 1 unspecified atom stereocenters. The Bertz CT molecular complexity index is 1080. The molecule has 1 amide bonds. The Balaban J connectivity index is 1.57. The van der Waals surface area contributed by atoms with Crippen LogP contribution in [0.5, 0.6) is 0 Å². The lowest BCUT2D eigenvalue weighted by Gasteiger charge is -2.70. The molecular weight excluding hydrogens is 474 g/mol. The summed E-state index contributed by atoms with van der Waals surface area (Å²) < 4.78 is 0. The maximum atomic E-state index is 14.4. The van der Waals surface area contributed by atoms with Gasteiger partial charge in [0.2, 0.25) is 0 Å². The maximum Gasteiger partial charge on any atom is 0.252 e. The first-order valence-corrected chi connectivity index (χ1v) is 15.1. The van der Waals surface area contributed by atoms with E-state index in [1.807, 2.05) is 13.0 Å². The molecule has 5 aliphatic carbocycles. The number of allylic oxidation sites excluding steroid dienone is 2. The first-order chi connectivity index (χ1) is 17.5. The molecule has 5 rings (SSSR count). The van der Waals surface area contributed by atoms with Crippen LogP contribution in [0, 0.1) is 50.2 Å².